The number of halogens is 1. The van der Waals surface area contributed by atoms with E-state index in [9.17, 15) is 9.59 Å². The molecule has 0 spiro atoms. The Balaban J connectivity index is 2.96. The Labute approximate surface area is 136 Å². The lowest BCUT2D eigenvalue weighted by Crippen LogP contribution is -2.43. The number of hydrogen-bond donors (Lipinski definition) is 3. The number of aliphatic hydroxyl groups is 1. The smallest absolute Gasteiger partial charge is 0.313 e. The van der Waals surface area contributed by atoms with E-state index >= 15 is 0 Å². The molecule has 122 valence electrons. The third-order valence-corrected chi connectivity index (χ3v) is 3.92. The number of anilines is 1. The van der Waals surface area contributed by atoms with Gasteiger partial charge in [0.1, 0.15) is 0 Å². The summed E-state index contributed by atoms with van der Waals surface area (Å²) in [5, 5.41) is 14.8. The second-order valence-electron chi connectivity index (χ2n) is 4.98. The molecule has 0 aliphatic heterocycles. The SMILES string of the molecule is CCc1ccc(Cl)c(CC)c1NC(=O)C(=O)NC(CC)CO. The van der Waals surface area contributed by atoms with E-state index in [0.717, 1.165) is 17.5 Å². The van der Waals surface area contributed by atoms with Gasteiger partial charge in [-0.05, 0) is 36.5 Å². The predicted molar refractivity (Wildman–Crippen MR) is 88.1 cm³/mol. The summed E-state index contributed by atoms with van der Waals surface area (Å²) >= 11 is 6.17. The molecule has 0 saturated carbocycles. The van der Waals surface area contributed by atoms with Crippen molar-refractivity contribution in [3.63, 3.8) is 0 Å². The number of nitrogens with one attached hydrogen (secondary N) is 2. The Morgan fingerprint density at radius 3 is 2.36 bits per heavy atom. The maximum absolute atomic E-state index is 12.1. The molecule has 0 aliphatic rings. The zero-order valence-electron chi connectivity index (χ0n) is 13.2. The highest BCUT2D eigenvalue weighted by atomic mass is 35.5. The molecule has 1 atom stereocenters. The molecule has 6 heteroatoms. The van der Waals surface area contributed by atoms with Gasteiger partial charge in [0.15, 0.2) is 0 Å². The molecule has 0 fully saturated rings. The molecule has 5 nitrogen and oxygen atoms in total. The lowest BCUT2D eigenvalue weighted by molar-refractivity contribution is -0.136. The molecule has 1 rings (SSSR count). The van der Waals surface area contributed by atoms with E-state index in [2.05, 4.69) is 10.6 Å². The average Bonchev–Trinajstić information content (AvgIpc) is 2.52. The molecule has 0 bridgehead atoms. The Morgan fingerprint density at radius 2 is 1.86 bits per heavy atom. The van der Waals surface area contributed by atoms with Crippen LogP contribution in [0.4, 0.5) is 5.69 Å². The third kappa shape index (κ3) is 4.45. The van der Waals surface area contributed by atoms with Crippen molar-refractivity contribution >= 4 is 29.1 Å². The standard InChI is InChI=1S/C16H23ClN2O3/c1-4-10-7-8-13(17)12(6-3)14(10)19-16(22)15(21)18-11(5-2)9-20/h7-8,11,20H,4-6,9H2,1-3H3,(H,18,21)(H,19,22). The first kappa shape index (κ1) is 18.5. The highest BCUT2D eigenvalue weighted by Crippen LogP contribution is 2.29. The Bertz CT molecular complexity index is 542. The van der Waals surface area contributed by atoms with Crippen LogP contribution in [0.2, 0.25) is 5.02 Å². The van der Waals surface area contributed by atoms with E-state index in [4.69, 9.17) is 16.7 Å². The van der Waals surface area contributed by atoms with Crippen LogP contribution in [0, 0.1) is 0 Å². The van der Waals surface area contributed by atoms with Crippen LogP contribution in [0.15, 0.2) is 12.1 Å². The minimum atomic E-state index is -0.759. The highest BCUT2D eigenvalue weighted by molar-refractivity contribution is 6.40. The molecule has 2 amide bonds. The van der Waals surface area contributed by atoms with Crippen molar-refractivity contribution in [1.82, 2.24) is 5.32 Å². The Morgan fingerprint density at radius 1 is 1.18 bits per heavy atom. The van der Waals surface area contributed by atoms with E-state index in [1.165, 1.54) is 0 Å². The van der Waals surface area contributed by atoms with Crippen LogP contribution in [-0.2, 0) is 22.4 Å². The zero-order chi connectivity index (χ0) is 16.7. The van der Waals surface area contributed by atoms with Crippen LogP contribution in [0.25, 0.3) is 0 Å². The van der Waals surface area contributed by atoms with Crippen LogP contribution >= 0.6 is 11.6 Å². The number of hydrogen-bond acceptors (Lipinski definition) is 3. The fourth-order valence-corrected chi connectivity index (χ4v) is 2.46. The second kappa shape index (κ2) is 8.76. The number of aryl methyl sites for hydroxylation is 1. The Hall–Kier alpha value is -1.59. The van der Waals surface area contributed by atoms with Gasteiger partial charge in [-0.1, -0.05) is 38.4 Å². The topological polar surface area (TPSA) is 78.4 Å². The van der Waals surface area contributed by atoms with Gasteiger partial charge in [0.05, 0.1) is 12.6 Å². The average molecular weight is 327 g/mol. The van der Waals surface area contributed by atoms with Crippen molar-refractivity contribution in [1.29, 1.82) is 0 Å². The van der Waals surface area contributed by atoms with Crippen molar-refractivity contribution in [3.8, 4) is 0 Å². The molecule has 1 aromatic rings. The summed E-state index contributed by atoms with van der Waals surface area (Å²) in [7, 11) is 0. The fraction of sp³-hybridized carbons (Fsp3) is 0.500. The molecule has 22 heavy (non-hydrogen) atoms. The number of rotatable bonds is 6. The van der Waals surface area contributed by atoms with Crippen molar-refractivity contribution in [2.45, 2.75) is 46.1 Å². The van der Waals surface area contributed by atoms with Gasteiger partial charge in [-0.3, -0.25) is 9.59 Å². The third-order valence-electron chi connectivity index (χ3n) is 3.57. The lowest BCUT2D eigenvalue weighted by Gasteiger charge is -2.17. The molecule has 1 aromatic carbocycles. The number of benzene rings is 1. The van der Waals surface area contributed by atoms with Gasteiger partial charge in [-0.25, -0.2) is 0 Å². The summed E-state index contributed by atoms with van der Waals surface area (Å²) in [6.07, 6.45) is 1.92. The molecule has 1 unspecified atom stereocenters. The summed E-state index contributed by atoms with van der Waals surface area (Å²) < 4.78 is 0. The molecule has 0 aromatic heterocycles. The van der Waals surface area contributed by atoms with Crippen LogP contribution in [0.3, 0.4) is 0 Å². The normalized spacial score (nSPS) is 11.9. The van der Waals surface area contributed by atoms with Crippen molar-refractivity contribution in [3.05, 3.63) is 28.3 Å². The van der Waals surface area contributed by atoms with E-state index in [0.29, 0.717) is 23.6 Å². The minimum absolute atomic E-state index is 0.201. The molecule has 0 saturated heterocycles. The van der Waals surface area contributed by atoms with Crippen LogP contribution in [0.5, 0.6) is 0 Å². The monoisotopic (exact) mass is 326 g/mol. The van der Waals surface area contributed by atoms with E-state index in [1.54, 1.807) is 6.07 Å². The van der Waals surface area contributed by atoms with Crippen LogP contribution in [-0.4, -0.2) is 29.6 Å². The highest BCUT2D eigenvalue weighted by Gasteiger charge is 2.20. The van der Waals surface area contributed by atoms with Gasteiger partial charge in [0, 0.05) is 10.7 Å². The maximum Gasteiger partial charge on any atom is 0.313 e. The van der Waals surface area contributed by atoms with Gasteiger partial charge < -0.3 is 15.7 Å². The van der Waals surface area contributed by atoms with Gasteiger partial charge in [0.25, 0.3) is 0 Å². The number of aliphatic hydroxyl groups excluding tert-OH is 1. The largest absolute Gasteiger partial charge is 0.394 e. The first-order valence-corrected chi connectivity index (χ1v) is 7.89. The molecule has 0 heterocycles. The molecular formula is C16H23ClN2O3. The molecule has 0 aliphatic carbocycles. The second-order valence-corrected chi connectivity index (χ2v) is 5.39. The maximum atomic E-state index is 12.1. The number of carbonyl (C=O) groups is 2. The van der Waals surface area contributed by atoms with Gasteiger partial charge in [-0.15, -0.1) is 0 Å². The quantitative estimate of drug-likeness (QED) is 0.702. The zero-order valence-corrected chi connectivity index (χ0v) is 14.0. The van der Waals surface area contributed by atoms with E-state index < -0.39 is 17.9 Å². The molecule has 0 radical (unpaired) electrons. The number of amides is 2. The predicted octanol–water partition coefficient (Wildman–Crippen LogP) is 2.29. The fourth-order valence-electron chi connectivity index (χ4n) is 2.16. The minimum Gasteiger partial charge on any atom is -0.394 e. The van der Waals surface area contributed by atoms with Crippen molar-refractivity contribution in [2.24, 2.45) is 0 Å². The first-order chi connectivity index (χ1) is 10.5. The summed E-state index contributed by atoms with van der Waals surface area (Å²) in [5.74, 6) is -1.51. The summed E-state index contributed by atoms with van der Waals surface area (Å²) in [6.45, 7) is 5.53. The van der Waals surface area contributed by atoms with Gasteiger partial charge >= 0.3 is 11.8 Å². The molecule has 3 N–H and O–H groups in total. The Kier molecular flexibility index (Phi) is 7.35. The van der Waals surface area contributed by atoms with Crippen LogP contribution < -0.4 is 10.6 Å². The van der Waals surface area contributed by atoms with E-state index in [1.807, 2.05) is 26.8 Å². The summed E-state index contributed by atoms with van der Waals surface area (Å²) in [5.41, 5.74) is 2.35. The number of carbonyl (C=O) groups excluding carboxylic acids is 2. The van der Waals surface area contributed by atoms with Gasteiger partial charge in [0.2, 0.25) is 0 Å². The molecular weight excluding hydrogens is 304 g/mol. The summed E-state index contributed by atoms with van der Waals surface area (Å²) in [6, 6.07) is 3.22. The van der Waals surface area contributed by atoms with Crippen molar-refractivity contribution < 1.29 is 14.7 Å². The van der Waals surface area contributed by atoms with Crippen LogP contribution in [0.1, 0.15) is 38.3 Å². The first-order valence-electron chi connectivity index (χ1n) is 7.51. The lowest BCUT2D eigenvalue weighted by atomic mass is 10.0. The van der Waals surface area contributed by atoms with Crippen molar-refractivity contribution in [2.75, 3.05) is 11.9 Å². The summed E-state index contributed by atoms with van der Waals surface area (Å²) in [4.78, 5) is 24.0. The van der Waals surface area contributed by atoms with Gasteiger partial charge in [-0.2, -0.15) is 0 Å². The van der Waals surface area contributed by atoms with E-state index in [-0.39, 0.29) is 6.61 Å².